The first-order chi connectivity index (χ1) is 11.5. The van der Waals surface area contributed by atoms with Crippen LogP contribution in [-0.4, -0.2) is 35.3 Å². The van der Waals surface area contributed by atoms with E-state index in [1.807, 2.05) is 0 Å². The van der Waals surface area contributed by atoms with E-state index in [9.17, 15) is 4.80 Å². The van der Waals surface area contributed by atoms with Crippen molar-refractivity contribution in [2.24, 2.45) is 0 Å². The van der Waals surface area contributed by atoms with Crippen molar-refractivity contribution in [3.63, 3.8) is 0 Å². The molecule has 3 aliphatic carbocycles. The van der Waals surface area contributed by atoms with E-state index < -0.39 is 8.32 Å². The normalized spacial score (nSPS) is 22.6. The minimum Gasteiger partial charge on any atom is -0.431 e. The first-order valence-corrected chi connectivity index (χ1v) is 13.1. The van der Waals surface area contributed by atoms with Gasteiger partial charge in [0.2, 0.25) is 0 Å². The van der Waals surface area contributed by atoms with Crippen molar-refractivity contribution in [3.05, 3.63) is 0 Å². The molecule has 0 aromatic carbocycles. The second-order valence-electron chi connectivity index (χ2n) is 8.99. The molecular formula is C21H46O4SiZr. The SMILES string of the molecule is CC(C)O.O.O.O[Si](C1CCCCC1)(C1CCCCC1)C1CCCCC1.[Zr]. The zero-order valence-electron chi connectivity index (χ0n) is 17.8. The topological polar surface area (TPSA) is 103 Å². The summed E-state index contributed by atoms with van der Waals surface area (Å²) < 4.78 is 0. The molecule has 6 N–H and O–H groups in total. The van der Waals surface area contributed by atoms with E-state index in [1.165, 1.54) is 96.3 Å². The Hall–Kier alpha value is 0.940. The zero-order chi connectivity index (χ0) is 17.4. The third-order valence-corrected chi connectivity index (χ3v) is 12.4. The van der Waals surface area contributed by atoms with Gasteiger partial charge in [0.15, 0.2) is 8.32 Å². The molecule has 4 nitrogen and oxygen atoms in total. The van der Waals surface area contributed by atoms with Gasteiger partial charge in [-0.3, -0.25) is 0 Å². The number of hydrogen-bond donors (Lipinski definition) is 2. The van der Waals surface area contributed by atoms with Gasteiger partial charge in [0.1, 0.15) is 0 Å². The Labute approximate surface area is 187 Å². The third kappa shape index (κ3) is 9.09. The minimum atomic E-state index is -2.05. The van der Waals surface area contributed by atoms with Gasteiger partial charge in [-0.2, -0.15) is 0 Å². The summed E-state index contributed by atoms with van der Waals surface area (Å²) in [6, 6.07) is 0. The monoisotopic (exact) mass is 480 g/mol. The van der Waals surface area contributed by atoms with Crippen LogP contribution in [0.3, 0.4) is 0 Å². The Morgan fingerprint density at radius 3 is 0.963 bits per heavy atom. The minimum absolute atomic E-state index is 0. The molecule has 0 radical (unpaired) electrons. The Bertz CT molecular complexity index is 291. The average Bonchev–Trinajstić information content (AvgIpc) is 2.63. The van der Waals surface area contributed by atoms with Crippen molar-refractivity contribution in [2.75, 3.05) is 0 Å². The second-order valence-corrected chi connectivity index (χ2v) is 13.2. The van der Waals surface area contributed by atoms with Gasteiger partial charge in [0.05, 0.1) is 0 Å². The van der Waals surface area contributed by atoms with Crippen LogP contribution in [0.2, 0.25) is 16.6 Å². The molecule has 0 aromatic rings. The first-order valence-electron chi connectivity index (χ1n) is 11.0. The van der Waals surface area contributed by atoms with Crippen molar-refractivity contribution in [3.8, 4) is 0 Å². The van der Waals surface area contributed by atoms with E-state index in [0.717, 1.165) is 16.6 Å². The molecule has 0 atom stereocenters. The molecule has 0 spiro atoms. The fraction of sp³-hybridized carbons (Fsp3) is 1.00. The Kier molecular flexibility index (Phi) is 17.6. The van der Waals surface area contributed by atoms with Crippen LogP contribution < -0.4 is 0 Å². The smallest absolute Gasteiger partial charge is 0.197 e. The van der Waals surface area contributed by atoms with Gasteiger partial charge in [-0.25, -0.2) is 0 Å². The van der Waals surface area contributed by atoms with E-state index in [4.69, 9.17) is 5.11 Å². The molecule has 0 aliphatic heterocycles. The average molecular weight is 482 g/mol. The Morgan fingerprint density at radius 1 is 0.593 bits per heavy atom. The van der Waals surface area contributed by atoms with Crippen LogP contribution in [0.25, 0.3) is 0 Å². The fourth-order valence-corrected chi connectivity index (χ4v) is 11.7. The summed E-state index contributed by atoms with van der Waals surface area (Å²) in [6.07, 6.45) is 20.8. The van der Waals surface area contributed by atoms with E-state index >= 15 is 0 Å². The summed E-state index contributed by atoms with van der Waals surface area (Å²) in [5.41, 5.74) is 2.30. The molecule has 0 saturated heterocycles. The summed E-state index contributed by atoms with van der Waals surface area (Å²) in [4.78, 5) is 12.0. The van der Waals surface area contributed by atoms with Gasteiger partial charge in [-0.15, -0.1) is 0 Å². The second kappa shape index (κ2) is 15.7. The molecule has 6 heteroatoms. The largest absolute Gasteiger partial charge is 0.431 e. The fourth-order valence-electron chi connectivity index (χ4n) is 5.70. The summed E-state index contributed by atoms with van der Waals surface area (Å²) in [6.45, 7) is 3.44. The van der Waals surface area contributed by atoms with Crippen LogP contribution in [0.4, 0.5) is 0 Å². The summed E-state index contributed by atoms with van der Waals surface area (Å²) in [5.74, 6) is 0. The van der Waals surface area contributed by atoms with Crippen molar-refractivity contribution in [1.29, 1.82) is 0 Å². The predicted octanol–water partition coefficient (Wildman–Crippen LogP) is 4.66. The maximum absolute atomic E-state index is 12.0. The quantitative estimate of drug-likeness (QED) is 0.572. The molecule has 0 aromatic heterocycles. The van der Waals surface area contributed by atoms with E-state index in [2.05, 4.69) is 0 Å². The third-order valence-electron chi connectivity index (χ3n) is 6.78. The van der Waals surface area contributed by atoms with Crippen molar-refractivity contribution in [2.45, 2.75) is 133 Å². The van der Waals surface area contributed by atoms with Crippen LogP contribution in [0.5, 0.6) is 0 Å². The molecule has 3 aliphatic rings. The number of hydrogen-bond acceptors (Lipinski definition) is 2. The van der Waals surface area contributed by atoms with E-state index in [1.54, 1.807) is 13.8 Å². The molecule has 0 heterocycles. The van der Waals surface area contributed by atoms with Crippen LogP contribution in [0, 0.1) is 0 Å². The molecule has 3 rings (SSSR count). The summed E-state index contributed by atoms with van der Waals surface area (Å²) in [7, 11) is -2.05. The predicted molar refractivity (Wildman–Crippen MR) is 113 cm³/mol. The maximum atomic E-state index is 12.0. The van der Waals surface area contributed by atoms with Crippen LogP contribution >= 0.6 is 0 Å². The molecule has 162 valence electrons. The number of aliphatic hydroxyl groups excluding tert-OH is 1. The summed E-state index contributed by atoms with van der Waals surface area (Å²) in [5, 5.41) is 8.06. The van der Waals surface area contributed by atoms with Gasteiger partial charge in [0, 0.05) is 32.3 Å². The van der Waals surface area contributed by atoms with Crippen molar-refractivity contribution in [1.82, 2.24) is 0 Å². The number of aliphatic hydroxyl groups is 1. The van der Waals surface area contributed by atoms with Crippen LogP contribution in [0.15, 0.2) is 0 Å². The molecular weight excluding hydrogens is 436 g/mol. The summed E-state index contributed by atoms with van der Waals surface area (Å²) >= 11 is 0. The van der Waals surface area contributed by atoms with Gasteiger partial charge in [-0.1, -0.05) is 96.3 Å². The molecule has 3 saturated carbocycles. The number of rotatable bonds is 3. The molecule has 0 bridgehead atoms. The van der Waals surface area contributed by atoms with Crippen molar-refractivity contribution >= 4 is 8.32 Å². The zero-order valence-corrected chi connectivity index (χ0v) is 21.3. The maximum Gasteiger partial charge on any atom is 0.197 e. The van der Waals surface area contributed by atoms with Gasteiger partial charge >= 0.3 is 0 Å². The molecule has 3 fully saturated rings. The van der Waals surface area contributed by atoms with E-state index in [-0.39, 0.29) is 43.3 Å². The van der Waals surface area contributed by atoms with Gasteiger partial charge in [0.25, 0.3) is 0 Å². The van der Waals surface area contributed by atoms with Gasteiger partial charge in [-0.05, 0) is 30.5 Å². The standard InChI is InChI=1S/C18H34OSi.C3H8O.2H2O.Zr/c19-20(16-10-4-1-5-11-16,17-12-6-2-7-13-17)18-14-8-3-9-15-18;1-3(2)4;;;/h16-19H,1-15H2;3-4H,1-2H3;2*1H2;. The Morgan fingerprint density at radius 2 is 0.778 bits per heavy atom. The van der Waals surface area contributed by atoms with Crippen molar-refractivity contribution < 1.29 is 47.1 Å². The molecule has 0 unspecified atom stereocenters. The van der Waals surface area contributed by atoms with Crippen LogP contribution in [0.1, 0.15) is 110 Å². The van der Waals surface area contributed by atoms with Crippen LogP contribution in [-0.2, 0) is 26.2 Å². The molecule has 27 heavy (non-hydrogen) atoms. The van der Waals surface area contributed by atoms with E-state index in [0.29, 0.717) is 0 Å². The first kappa shape index (κ1) is 30.1. The molecule has 0 amide bonds. The van der Waals surface area contributed by atoms with Gasteiger partial charge < -0.3 is 20.9 Å². The Balaban J connectivity index is 0.